The molecule has 0 saturated carbocycles. The van der Waals surface area contributed by atoms with Crippen LogP contribution in [0.3, 0.4) is 0 Å². The van der Waals surface area contributed by atoms with Crippen molar-refractivity contribution in [3.05, 3.63) is 99.4 Å². The Labute approximate surface area is 210 Å². The van der Waals surface area contributed by atoms with E-state index in [-0.39, 0.29) is 11.4 Å². The SMILES string of the molecule is CCN(CC)CCN1C(=O)C(O)=C(C(=O)c2cccs2)C1c1ccc(OCc2ccccc2)cc1. The van der Waals surface area contributed by atoms with Gasteiger partial charge in [-0.3, -0.25) is 9.59 Å². The van der Waals surface area contributed by atoms with Gasteiger partial charge in [0.1, 0.15) is 12.4 Å². The second-order valence-corrected chi connectivity index (χ2v) is 9.29. The summed E-state index contributed by atoms with van der Waals surface area (Å²) in [6.45, 7) is 7.36. The molecule has 3 aromatic rings. The summed E-state index contributed by atoms with van der Waals surface area (Å²) in [6.07, 6.45) is 0. The number of hydrogen-bond acceptors (Lipinski definition) is 6. The number of nitrogens with zero attached hydrogens (tertiary/aromatic N) is 2. The van der Waals surface area contributed by atoms with Crippen molar-refractivity contribution < 1.29 is 19.4 Å². The lowest BCUT2D eigenvalue weighted by molar-refractivity contribution is -0.129. The smallest absolute Gasteiger partial charge is 0.290 e. The summed E-state index contributed by atoms with van der Waals surface area (Å²) in [6, 6.07) is 20.2. The normalized spacial score (nSPS) is 15.8. The zero-order valence-electron chi connectivity index (χ0n) is 20.0. The monoisotopic (exact) mass is 490 g/mol. The van der Waals surface area contributed by atoms with Gasteiger partial charge in [-0.2, -0.15) is 0 Å². The number of thiophene rings is 1. The Kier molecular flexibility index (Phi) is 8.00. The zero-order chi connectivity index (χ0) is 24.8. The molecule has 2 aromatic carbocycles. The number of carbonyl (C=O) groups excluding carboxylic acids is 2. The number of ketones is 1. The maximum absolute atomic E-state index is 13.3. The molecule has 2 heterocycles. The highest BCUT2D eigenvalue weighted by Gasteiger charge is 2.43. The number of likely N-dealkylation sites (N-methyl/N-ethyl adjacent to an activating group) is 1. The first-order chi connectivity index (χ1) is 17.0. The molecule has 1 atom stereocenters. The van der Waals surface area contributed by atoms with E-state index in [0.29, 0.717) is 30.3 Å². The van der Waals surface area contributed by atoms with E-state index < -0.39 is 17.7 Å². The van der Waals surface area contributed by atoms with E-state index in [2.05, 4.69) is 18.7 Å². The van der Waals surface area contributed by atoms with Crippen LogP contribution < -0.4 is 4.74 Å². The van der Waals surface area contributed by atoms with Gasteiger partial charge in [0.15, 0.2) is 5.76 Å². The Bertz CT molecular complexity index is 1170. The number of carbonyl (C=O) groups is 2. The fourth-order valence-electron chi connectivity index (χ4n) is 4.28. The third-order valence-corrected chi connectivity index (χ3v) is 7.16. The van der Waals surface area contributed by atoms with Gasteiger partial charge in [-0.05, 0) is 47.8 Å². The van der Waals surface area contributed by atoms with Gasteiger partial charge in [-0.15, -0.1) is 11.3 Å². The third kappa shape index (κ3) is 5.47. The number of aliphatic hydroxyl groups excluding tert-OH is 1. The van der Waals surface area contributed by atoms with E-state index in [4.69, 9.17) is 4.74 Å². The van der Waals surface area contributed by atoms with Crippen molar-refractivity contribution in [1.82, 2.24) is 9.80 Å². The van der Waals surface area contributed by atoms with Crippen molar-refractivity contribution >= 4 is 23.0 Å². The second kappa shape index (κ2) is 11.3. The van der Waals surface area contributed by atoms with E-state index in [1.54, 1.807) is 17.0 Å². The lowest BCUT2D eigenvalue weighted by Gasteiger charge is -2.29. The number of hydrogen-bond donors (Lipinski definition) is 1. The van der Waals surface area contributed by atoms with Crippen LogP contribution in [0.5, 0.6) is 5.75 Å². The molecule has 0 aliphatic carbocycles. The molecule has 4 rings (SSSR count). The van der Waals surface area contributed by atoms with Crippen LogP contribution in [0.2, 0.25) is 0 Å². The van der Waals surface area contributed by atoms with E-state index in [1.807, 2.05) is 60.0 Å². The minimum Gasteiger partial charge on any atom is -0.503 e. The minimum absolute atomic E-state index is 0.134. The van der Waals surface area contributed by atoms with Crippen LogP contribution in [0.25, 0.3) is 0 Å². The van der Waals surface area contributed by atoms with Crippen molar-refractivity contribution in [2.75, 3.05) is 26.2 Å². The molecular formula is C28H30N2O4S. The molecule has 0 fully saturated rings. The van der Waals surface area contributed by atoms with Crippen LogP contribution in [-0.2, 0) is 11.4 Å². The lowest BCUT2D eigenvalue weighted by atomic mass is 9.95. The standard InChI is InChI=1S/C28H30N2O4S/c1-3-29(4-2)16-17-30-25(24(27(32)28(30)33)26(31)23-11-8-18-35-23)21-12-14-22(15-13-21)34-19-20-9-6-5-7-10-20/h5-15,18,25,32H,3-4,16-17,19H2,1-2H3. The number of amides is 1. The number of rotatable bonds is 11. The molecule has 1 amide bonds. The van der Waals surface area contributed by atoms with E-state index in [1.165, 1.54) is 11.3 Å². The largest absolute Gasteiger partial charge is 0.503 e. The Balaban J connectivity index is 1.61. The number of Topliss-reactive ketones (excluding diaryl/α,β-unsaturated/α-hetero) is 1. The lowest BCUT2D eigenvalue weighted by Crippen LogP contribution is -2.38. The van der Waals surface area contributed by atoms with Crippen LogP contribution in [0.4, 0.5) is 0 Å². The maximum Gasteiger partial charge on any atom is 0.290 e. The summed E-state index contributed by atoms with van der Waals surface area (Å²) < 4.78 is 5.91. The van der Waals surface area contributed by atoms with Crippen LogP contribution in [0.1, 0.15) is 40.7 Å². The highest BCUT2D eigenvalue weighted by molar-refractivity contribution is 7.12. The van der Waals surface area contributed by atoms with Crippen LogP contribution in [0, 0.1) is 0 Å². The van der Waals surface area contributed by atoms with Crippen molar-refractivity contribution in [3.8, 4) is 5.75 Å². The summed E-state index contributed by atoms with van der Waals surface area (Å²) in [5.41, 5.74) is 1.96. The van der Waals surface area contributed by atoms with Gasteiger partial charge < -0.3 is 19.6 Å². The van der Waals surface area contributed by atoms with E-state index >= 15 is 0 Å². The van der Waals surface area contributed by atoms with Gasteiger partial charge in [-0.25, -0.2) is 0 Å². The van der Waals surface area contributed by atoms with Gasteiger partial charge in [0.05, 0.1) is 16.5 Å². The maximum atomic E-state index is 13.3. The fraction of sp³-hybridized carbons (Fsp3) is 0.286. The molecule has 7 heteroatoms. The quantitative estimate of drug-likeness (QED) is 0.372. The van der Waals surface area contributed by atoms with Gasteiger partial charge in [0.2, 0.25) is 5.78 Å². The molecule has 1 aromatic heterocycles. The van der Waals surface area contributed by atoms with E-state index in [9.17, 15) is 14.7 Å². The molecule has 35 heavy (non-hydrogen) atoms. The highest BCUT2D eigenvalue weighted by Crippen LogP contribution is 2.39. The molecule has 1 aliphatic rings. The van der Waals surface area contributed by atoms with Crippen LogP contribution >= 0.6 is 11.3 Å². The molecule has 1 N–H and O–H groups in total. The summed E-state index contributed by atoms with van der Waals surface area (Å²) in [5.74, 6) is -0.592. The number of aliphatic hydroxyl groups is 1. The molecule has 182 valence electrons. The van der Waals surface area contributed by atoms with Crippen LogP contribution in [-0.4, -0.2) is 52.8 Å². The van der Waals surface area contributed by atoms with E-state index in [0.717, 1.165) is 24.2 Å². The van der Waals surface area contributed by atoms with Crippen LogP contribution in [0.15, 0.2) is 83.4 Å². The molecule has 0 radical (unpaired) electrons. The molecule has 0 bridgehead atoms. The molecule has 1 aliphatic heterocycles. The average Bonchev–Trinajstić information content (AvgIpc) is 3.52. The summed E-state index contributed by atoms with van der Waals surface area (Å²) in [4.78, 5) is 30.8. The first kappa shape index (κ1) is 24.7. The highest BCUT2D eigenvalue weighted by atomic mass is 32.1. The molecule has 6 nitrogen and oxygen atoms in total. The predicted molar refractivity (Wildman–Crippen MR) is 138 cm³/mol. The molecular weight excluding hydrogens is 460 g/mol. The molecule has 0 saturated heterocycles. The van der Waals surface area contributed by atoms with Crippen molar-refractivity contribution in [3.63, 3.8) is 0 Å². The van der Waals surface area contributed by atoms with Crippen molar-refractivity contribution in [1.29, 1.82) is 0 Å². The van der Waals surface area contributed by atoms with Gasteiger partial charge in [0.25, 0.3) is 5.91 Å². The van der Waals surface area contributed by atoms with Crippen molar-refractivity contribution in [2.24, 2.45) is 0 Å². The minimum atomic E-state index is -0.657. The Hall–Kier alpha value is -3.42. The number of ether oxygens (including phenoxy) is 1. The van der Waals surface area contributed by atoms with Gasteiger partial charge in [0, 0.05) is 13.1 Å². The zero-order valence-corrected chi connectivity index (χ0v) is 20.8. The summed E-state index contributed by atoms with van der Waals surface area (Å²) in [5, 5.41) is 12.6. The topological polar surface area (TPSA) is 70.1 Å². The van der Waals surface area contributed by atoms with Gasteiger partial charge >= 0.3 is 0 Å². The molecule has 0 spiro atoms. The van der Waals surface area contributed by atoms with Gasteiger partial charge in [-0.1, -0.05) is 62.4 Å². The molecule has 1 unspecified atom stereocenters. The fourth-order valence-corrected chi connectivity index (χ4v) is 4.96. The number of benzene rings is 2. The van der Waals surface area contributed by atoms with Crippen molar-refractivity contribution in [2.45, 2.75) is 26.5 Å². The predicted octanol–water partition coefficient (Wildman–Crippen LogP) is 5.25. The first-order valence-corrected chi connectivity index (χ1v) is 12.7. The Morgan fingerprint density at radius 3 is 2.37 bits per heavy atom. The second-order valence-electron chi connectivity index (χ2n) is 8.34. The Morgan fingerprint density at radius 1 is 1.03 bits per heavy atom. The third-order valence-electron chi connectivity index (χ3n) is 6.29. The first-order valence-electron chi connectivity index (χ1n) is 11.8. The Morgan fingerprint density at radius 2 is 1.74 bits per heavy atom. The summed E-state index contributed by atoms with van der Waals surface area (Å²) >= 11 is 1.30. The summed E-state index contributed by atoms with van der Waals surface area (Å²) in [7, 11) is 0. The average molecular weight is 491 g/mol.